The molecule has 0 N–H and O–H groups in total. The molecular formula is C12H9BrOS. The van der Waals surface area contributed by atoms with Crippen molar-refractivity contribution in [3.63, 3.8) is 0 Å². The number of hydrogen-bond acceptors (Lipinski definition) is 2. The van der Waals surface area contributed by atoms with E-state index in [0.29, 0.717) is 0 Å². The van der Waals surface area contributed by atoms with Crippen molar-refractivity contribution < 1.29 is 4.79 Å². The molecule has 0 aliphatic rings. The second-order valence-electron chi connectivity index (χ2n) is 3.28. The number of aldehydes is 1. The molecule has 0 radical (unpaired) electrons. The molecule has 3 heteroatoms. The normalized spacial score (nSPS) is 10.3. The highest BCUT2D eigenvalue weighted by Gasteiger charge is 2.05. The first kappa shape index (κ1) is 10.6. The Morgan fingerprint density at radius 3 is 2.67 bits per heavy atom. The molecule has 0 spiro atoms. The van der Waals surface area contributed by atoms with Crippen molar-refractivity contribution in [3.05, 3.63) is 45.2 Å². The Morgan fingerprint density at radius 1 is 1.27 bits per heavy atom. The smallest absolute Gasteiger partial charge is 0.160 e. The Hall–Kier alpha value is -0.930. The maximum absolute atomic E-state index is 10.6. The molecular weight excluding hydrogens is 272 g/mol. The minimum Gasteiger partial charge on any atom is -0.297 e. The fourth-order valence-electron chi connectivity index (χ4n) is 1.46. The van der Waals surface area contributed by atoms with Gasteiger partial charge in [-0.05, 0) is 42.3 Å². The van der Waals surface area contributed by atoms with Crippen molar-refractivity contribution in [1.82, 2.24) is 0 Å². The van der Waals surface area contributed by atoms with Gasteiger partial charge < -0.3 is 0 Å². The molecule has 2 rings (SSSR count). The quantitative estimate of drug-likeness (QED) is 0.750. The number of aryl methyl sites for hydroxylation is 1. The van der Waals surface area contributed by atoms with Gasteiger partial charge in [-0.25, -0.2) is 0 Å². The second kappa shape index (κ2) is 4.29. The molecule has 0 bridgehead atoms. The third-order valence-electron chi connectivity index (χ3n) is 2.20. The Kier molecular flexibility index (Phi) is 3.03. The van der Waals surface area contributed by atoms with Crippen LogP contribution in [-0.2, 0) is 0 Å². The predicted molar refractivity (Wildman–Crippen MR) is 67.6 cm³/mol. The van der Waals surface area contributed by atoms with Crippen LogP contribution in [0.5, 0.6) is 0 Å². The van der Waals surface area contributed by atoms with Crippen LogP contribution < -0.4 is 0 Å². The third kappa shape index (κ3) is 2.19. The summed E-state index contributed by atoms with van der Waals surface area (Å²) in [5.41, 5.74) is 2.40. The van der Waals surface area contributed by atoms with Crippen LogP contribution in [0.3, 0.4) is 0 Å². The fraction of sp³-hybridized carbons (Fsp3) is 0.0833. The number of carbonyl (C=O) groups excluding carboxylic acids is 1. The summed E-state index contributed by atoms with van der Waals surface area (Å²) >= 11 is 4.96. The summed E-state index contributed by atoms with van der Waals surface area (Å²) in [5, 5.41) is 0. The zero-order valence-electron chi connectivity index (χ0n) is 8.16. The highest BCUT2D eigenvalue weighted by Crippen LogP contribution is 2.31. The van der Waals surface area contributed by atoms with E-state index in [1.54, 1.807) is 0 Å². The summed E-state index contributed by atoms with van der Waals surface area (Å²) in [6.07, 6.45) is 0.891. The van der Waals surface area contributed by atoms with Crippen LogP contribution >= 0.6 is 27.3 Å². The topological polar surface area (TPSA) is 17.1 Å². The number of carbonyl (C=O) groups is 1. The van der Waals surface area contributed by atoms with Gasteiger partial charge in [0.2, 0.25) is 0 Å². The van der Waals surface area contributed by atoms with E-state index >= 15 is 0 Å². The summed E-state index contributed by atoms with van der Waals surface area (Å²) in [6.45, 7) is 2.07. The molecule has 0 aliphatic carbocycles. The van der Waals surface area contributed by atoms with Crippen LogP contribution in [0.25, 0.3) is 10.4 Å². The minimum atomic E-state index is 0.771. The summed E-state index contributed by atoms with van der Waals surface area (Å²) in [4.78, 5) is 12.5. The van der Waals surface area contributed by atoms with Gasteiger partial charge in [0, 0.05) is 9.35 Å². The Bertz CT molecular complexity index is 502. The summed E-state index contributed by atoms with van der Waals surface area (Å²) in [5.74, 6) is 0. The van der Waals surface area contributed by atoms with Gasteiger partial charge in [-0.1, -0.05) is 22.0 Å². The number of benzene rings is 1. The molecule has 0 aliphatic heterocycles. The molecule has 1 aromatic heterocycles. The van der Waals surface area contributed by atoms with Gasteiger partial charge in [-0.2, -0.15) is 0 Å². The predicted octanol–water partition coefficient (Wildman–Crippen LogP) is 4.30. The van der Waals surface area contributed by atoms with E-state index in [1.165, 1.54) is 22.5 Å². The van der Waals surface area contributed by atoms with Crippen molar-refractivity contribution >= 4 is 33.6 Å². The van der Waals surface area contributed by atoms with E-state index in [1.807, 2.05) is 18.2 Å². The van der Waals surface area contributed by atoms with Gasteiger partial charge in [-0.15, -0.1) is 11.3 Å². The van der Waals surface area contributed by atoms with Gasteiger partial charge in [-0.3, -0.25) is 4.79 Å². The van der Waals surface area contributed by atoms with Gasteiger partial charge in [0.1, 0.15) is 0 Å². The lowest BCUT2D eigenvalue weighted by Gasteiger charge is -2.02. The molecule has 0 saturated heterocycles. The van der Waals surface area contributed by atoms with Crippen LogP contribution in [0.15, 0.2) is 34.8 Å². The average Bonchev–Trinajstić information content (AvgIpc) is 2.66. The summed E-state index contributed by atoms with van der Waals surface area (Å²) < 4.78 is 1.08. The zero-order chi connectivity index (χ0) is 10.8. The van der Waals surface area contributed by atoms with Crippen LogP contribution in [0, 0.1) is 6.92 Å². The Labute approximate surface area is 101 Å². The first-order chi connectivity index (χ1) is 7.20. The van der Waals surface area contributed by atoms with Crippen molar-refractivity contribution in [1.29, 1.82) is 0 Å². The van der Waals surface area contributed by atoms with E-state index < -0.39 is 0 Å². The van der Waals surface area contributed by atoms with Crippen molar-refractivity contribution in [3.8, 4) is 10.4 Å². The molecule has 2 aromatic rings. The van der Waals surface area contributed by atoms with Gasteiger partial charge in [0.15, 0.2) is 6.29 Å². The lowest BCUT2D eigenvalue weighted by Crippen LogP contribution is -1.79. The Balaban J connectivity index is 2.49. The molecule has 0 fully saturated rings. The van der Waals surface area contributed by atoms with E-state index in [-0.39, 0.29) is 0 Å². The number of rotatable bonds is 2. The monoisotopic (exact) mass is 280 g/mol. The maximum atomic E-state index is 10.6. The molecule has 1 nitrogen and oxygen atoms in total. The van der Waals surface area contributed by atoms with Crippen LogP contribution in [-0.4, -0.2) is 6.29 Å². The van der Waals surface area contributed by atoms with Crippen LogP contribution in [0.4, 0.5) is 0 Å². The largest absolute Gasteiger partial charge is 0.297 e. The third-order valence-corrected chi connectivity index (χ3v) is 3.73. The molecule has 0 saturated carbocycles. The second-order valence-corrected chi connectivity index (χ2v) is 5.31. The lowest BCUT2D eigenvalue weighted by atomic mass is 10.1. The SMILES string of the molecule is Cc1cc(Br)ccc1-c1ccc(C=O)s1. The molecule has 1 aromatic carbocycles. The zero-order valence-corrected chi connectivity index (χ0v) is 10.6. The molecule has 76 valence electrons. The van der Waals surface area contributed by atoms with E-state index in [9.17, 15) is 4.79 Å². The number of thiophene rings is 1. The van der Waals surface area contributed by atoms with E-state index in [0.717, 1.165) is 20.5 Å². The van der Waals surface area contributed by atoms with Gasteiger partial charge in [0.05, 0.1) is 4.88 Å². The lowest BCUT2D eigenvalue weighted by molar-refractivity contribution is 0.112. The molecule has 15 heavy (non-hydrogen) atoms. The average molecular weight is 281 g/mol. The molecule has 0 unspecified atom stereocenters. The van der Waals surface area contributed by atoms with Crippen molar-refractivity contribution in [2.45, 2.75) is 6.92 Å². The first-order valence-electron chi connectivity index (χ1n) is 4.52. The fourth-order valence-corrected chi connectivity index (χ4v) is 2.85. The van der Waals surface area contributed by atoms with Crippen LogP contribution in [0.1, 0.15) is 15.2 Å². The summed E-state index contributed by atoms with van der Waals surface area (Å²) in [7, 11) is 0. The van der Waals surface area contributed by atoms with Crippen molar-refractivity contribution in [2.24, 2.45) is 0 Å². The van der Waals surface area contributed by atoms with Crippen LogP contribution in [0.2, 0.25) is 0 Å². The minimum absolute atomic E-state index is 0.771. The van der Waals surface area contributed by atoms with Crippen molar-refractivity contribution in [2.75, 3.05) is 0 Å². The van der Waals surface area contributed by atoms with Gasteiger partial charge >= 0.3 is 0 Å². The highest BCUT2D eigenvalue weighted by molar-refractivity contribution is 9.10. The molecule has 0 atom stereocenters. The number of hydrogen-bond donors (Lipinski definition) is 0. The maximum Gasteiger partial charge on any atom is 0.160 e. The standard InChI is InChI=1S/C12H9BrOS/c1-8-6-9(13)2-4-11(8)12-5-3-10(7-14)15-12/h2-7H,1H3. The molecule has 1 heterocycles. The van der Waals surface area contributed by atoms with Gasteiger partial charge in [0.25, 0.3) is 0 Å². The highest BCUT2D eigenvalue weighted by atomic mass is 79.9. The molecule has 0 amide bonds. The summed E-state index contributed by atoms with van der Waals surface area (Å²) in [6, 6.07) is 10.0. The van der Waals surface area contributed by atoms with E-state index in [4.69, 9.17) is 0 Å². The first-order valence-corrected chi connectivity index (χ1v) is 6.13. The Morgan fingerprint density at radius 2 is 2.07 bits per heavy atom. The number of halogens is 1. The van der Waals surface area contributed by atoms with E-state index in [2.05, 4.69) is 35.0 Å².